The van der Waals surface area contributed by atoms with Crippen LogP contribution in [0.5, 0.6) is 11.5 Å². The lowest BCUT2D eigenvalue weighted by Crippen LogP contribution is -2.22. The lowest BCUT2D eigenvalue weighted by Gasteiger charge is -2.12. The van der Waals surface area contributed by atoms with Gasteiger partial charge < -0.3 is 20.3 Å². The molecule has 0 radical (unpaired) electrons. The molecule has 0 aromatic heterocycles. The summed E-state index contributed by atoms with van der Waals surface area (Å²) >= 11 is 0. The van der Waals surface area contributed by atoms with Crippen molar-refractivity contribution < 1.29 is 19.4 Å². The number of esters is 1. The minimum atomic E-state index is -0.871. The third kappa shape index (κ3) is 2.64. The molecule has 0 aliphatic rings. The highest BCUT2D eigenvalue weighted by Crippen LogP contribution is 2.28. The van der Waals surface area contributed by atoms with Crippen LogP contribution in [-0.4, -0.2) is 24.8 Å². The second kappa shape index (κ2) is 5.37. The topological polar surface area (TPSA) is 81.8 Å². The molecule has 0 aliphatic carbocycles. The Labute approximate surface area is 93.8 Å². The van der Waals surface area contributed by atoms with Crippen LogP contribution in [0, 0.1) is 0 Å². The van der Waals surface area contributed by atoms with Gasteiger partial charge in [0, 0.05) is 0 Å². The fraction of sp³-hybridized carbons (Fsp3) is 0.364. The van der Waals surface area contributed by atoms with E-state index in [4.69, 9.17) is 10.5 Å². The SMILES string of the molecule is CCOc1cc(C(N)C(=O)OC)ccc1O. The Balaban J connectivity index is 2.97. The molecule has 0 saturated carbocycles. The monoisotopic (exact) mass is 225 g/mol. The number of carbonyl (C=O) groups is 1. The lowest BCUT2D eigenvalue weighted by molar-refractivity contribution is -0.142. The molecule has 5 nitrogen and oxygen atoms in total. The van der Waals surface area contributed by atoms with Crippen molar-refractivity contribution in [2.45, 2.75) is 13.0 Å². The first kappa shape index (κ1) is 12.3. The van der Waals surface area contributed by atoms with Crippen LogP contribution in [0.4, 0.5) is 0 Å². The molecule has 0 saturated heterocycles. The van der Waals surface area contributed by atoms with Crippen LogP contribution in [0.3, 0.4) is 0 Å². The number of phenolic OH excluding ortho intramolecular Hbond substituents is 1. The van der Waals surface area contributed by atoms with E-state index >= 15 is 0 Å². The minimum absolute atomic E-state index is 0.0164. The average molecular weight is 225 g/mol. The molecular weight excluding hydrogens is 210 g/mol. The van der Waals surface area contributed by atoms with Gasteiger partial charge in [-0.25, -0.2) is 0 Å². The van der Waals surface area contributed by atoms with Gasteiger partial charge in [0.05, 0.1) is 13.7 Å². The fourth-order valence-electron chi connectivity index (χ4n) is 1.26. The lowest BCUT2D eigenvalue weighted by atomic mass is 10.1. The second-order valence-electron chi connectivity index (χ2n) is 3.16. The highest BCUT2D eigenvalue weighted by atomic mass is 16.5. The van der Waals surface area contributed by atoms with Gasteiger partial charge in [-0.05, 0) is 24.6 Å². The largest absolute Gasteiger partial charge is 0.504 e. The number of hydrogen-bond acceptors (Lipinski definition) is 5. The Bertz CT molecular complexity index is 378. The van der Waals surface area contributed by atoms with E-state index in [-0.39, 0.29) is 5.75 Å². The Morgan fingerprint density at radius 3 is 2.81 bits per heavy atom. The molecule has 0 bridgehead atoms. The first-order valence-electron chi connectivity index (χ1n) is 4.89. The molecular formula is C11H15NO4. The number of phenols is 1. The van der Waals surface area contributed by atoms with Crippen molar-refractivity contribution in [3.05, 3.63) is 23.8 Å². The van der Waals surface area contributed by atoms with Gasteiger partial charge in [0.2, 0.25) is 0 Å². The molecule has 1 aromatic carbocycles. The van der Waals surface area contributed by atoms with Gasteiger partial charge in [-0.3, -0.25) is 4.79 Å². The summed E-state index contributed by atoms with van der Waals surface area (Å²) in [6.07, 6.45) is 0. The standard InChI is InChI=1S/C11H15NO4/c1-3-16-9-6-7(4-5-8(9)13)10(12)11(14)15-2/h4-6,10,13H,3,12H2,1-2H3. The molecule has 1 aromatic rings. The van der Waals surface area contributed by atoms with Crippen LogP contribution < -0.4 is 10.5 Å². The van der Waals surface area contributed by atoms with Crippen molar-refractivity contribution in [3.8, 4) is 11.5 Å². The van der Waals surface area contributed by atoms with Gasteiger partial charge in [0.15, 0.2) is 11.5 Å². The maximum absolute atomic E-state index is 11.2. The first-order valence-corrected chi connectivity index (χ1v) is 4.89. The van der Waals surface area contributed by atoms with Crippen molar-refractivity contribution in [2.75, 3.05) is 13.7 Å². The third-order valence-electron chi connectivity index (χ3n) is 2.10. The molecule has 3 N–H and O–H groups in total. The van der Waals surface area contributed by atoms with Gasteiger partial charge in [-0.2, -0.15) is 0 Å². The summed E-state index contributed by atoms with van der Waals surface area (Å²) in [5.74, 6) is -0.213. The van der Waals surface area contributed by atoms with Crippen LogP contribution in [0.15, 0.2) is 18.2 Å². The number of hydrogen-bond donors (Lipinski definition) is 2. The van der Waals surface area contributed by atoms with Crippen LogP contribution >= 0.6 is 0 Å². The Morgan fingerprint density at radius 1 is 1.56 bits per heavy atom. The zero-order valence-corrected chi connectivity index (χ0v) is 9.27. The van der Waals surface area contributed by atoms with E-state index in [0.29, 0.717) is 17.9 Å². The van der Waals surface area contributed by atoms with Crippen molar-refractivity contribution in [1.29, 1.82) is 0 Å². The molecule has 0 aliphatic heterocycles. The smallest absolute Gasteiger partial charge is 0.327 e. The maximum atomic E-state index is 11.2. The number of aromatic hydroxyl groups is 1. The van der Waals surface area contributed by atoms with Gasteiger partial charge in [0.1, 0.15) is 6.04 Å². The van der Waals surface area contributed by atoms with Crippen molar-refractivity contribution >= 4 is 5.97 Å². The normalized spacial score (nSPS) is 11.9. The molecule has 5 heteroatoms. The highest BCUT2D eigenvalue weighted by molar-refractivity contribution is 5.77. The predicted molar refractivity (Wildman–Crippen MR) is 58.2 cm³/mol. The number of benzene rings is 1. The second-order valence-corrected chi connectivity index (χ2v) is 3.16. The van der Waals surface area contributed by atoms with Crippen LogP contribution in [-0.2, 0) is 9.53 Å². The van der Waals surface area contributed by atoms with E-state index in [1.54, 1.807) is 13.0 Å². The average Bonchev–Trinajstić information content (AvgIpc) is 2.30. The predicted octanol–water partition coefficient (Wildman–Crippen LogP) is 0.964. The molecule has 1 unspecified atom stereocenters. The molecule has 1 rings (SSSR count). The summed E-state index contributed by atoms with van der Waals surface area (Å²) in [5.41, 5.74) is 6.19. The van der Waals surface area contributed by atoms with Gasteiger partial charge >= 0.3 is 5.97 Å². The number of methoxy groups -OCH3 is 1. The first-order chi connectivity index (χ1) is 7.60. The number of carbonyl (C=O) groups excluding carboxylic acids is 1. The summed E-state index contributed by atoms with van der Waals surface area (Å²) in [6, 6.07) is 3.65. The summed E-state index contributed by atoms with van der Waals surface area (Å²) in [7, 11) is 1.27. The summed E-state index contributed by atoms with van der Waals surface area (Å²) < 4.78 is 9.71. The van der Waals surface area contributed by atoms with E-state index in [1.165, 1.54) is 19.2 Å². The quantitative estimate of drug-likeness (QED) is 0.746. The Morgan fingerprint density at radius 2 is 2.25 bits per heavy atom. The molecule has 0 spiro atoms. The van der Waals surface area contributed by atoms with E-state index < -0.39 is 12.0 Å². The van der Waals surface area contributed by atoms with Crippen molar-refractivity contribution in [1.82, 2.24) is 0 Å². The Kier molecular flexibility index (Phi) is 4.13. The summed E-state index contributed by atoms with van der Waals surface area (Å²) in [4.78, 5) is 11.2. The van der Waals surface area contributed by atoms with Gasteiger partial charge in [-0.1, -0.05) is 6.07 Å². The molecule has 0 fully saturated rings. The maximum Gasteiger partial charge on any atom is 0.327 e. The molecule has 0 heterocycles. The van der Waals surface area contributed by atoms with Crippen molar-refractivity contribution in [2.24, 2.45) is 5.73 Å². The highest BCUT2D eigenvalue weighted by Gasteiger charge is 2.17. The van der Waals surface area contributed by atoms with Gasteiger partial charge in [0.25, 0.3) is 0 Å². The number of nitrogens with two attached hydrogens (primary N) is 1. The molecule has 88 valence electrons. The molecule has 16 heavy (non-hydrogen) atoms. The van der Waals surface area contributed by atoms with E-state index in [9.17, 15) is 9.90 Å². The van der Waals surface area contributed by atoms with Crippen molar-refractivity contribution in [3.63, 3.8) is 0 Å². The zero-order valence-electron chi connectivity index (χ0n) is 9.27. The summed E-state index contributed by atoms with van der Waals surface area (Å²) in [5, 5.41) is 9.46. The molecule has 1 atom stereocenters. The zero-order chi connectivity index (χ0) is 12.1. The van der Waals surface area contributed by atoms with Crippen LogP contribution in [0.2, 0.25) is 0 Å². The fourth-order valence-corrected chi connectivity index (χ4v) is 1.26. The number of rotatable bonds is 4. The number of ether oxygens (including phenoxy) is 2. The van der Waals surface area contributed by atoms with Gasteiger partial charge in [-0.15, -0.1) is 0 Å². The van der Waals surface area contributed by atoms with Crippen LogP contribution in [0.25, 0.3) is 0 Å². The summed E-state index contributed by atoms with van der Waals surface area (Å²) in [6.45, 7) is 2.22. The Hall–Kier alpha value is -1.75. The van der Waals surface area contributed by atoms with E-state index in [1.807, 2.05) is 0 Å². The molecule has 0 amide bonds. The van der Waals surface area contributed by atoms with E-state index in [0.717, 1.165) is 0 Å². The van der Waals surface area contributed by atoms with E-state index in [2.05, 4.69) is 4.74 Å². The van der Waals surface area contributed by atoms with Crippen LogP contribution in [0.1, 0.15) is 18.5 Å². The minimum Gasteiger partial charge on any atom is -0.504 e. The third-order valence-corrected chi connectivity index (χ3v) is 2.10.